The Morgan fingerprint density at radius 2 is 1.95 bits per heavy atom. The first-order valence-electron chi connectivity index (χ1n) is 7.78. The third kappa shape index (κ3) is 4.19. The molecular formula is C17H27NO3. The highest BCUT2D eigenvalue weighted by atomic mass is 16.5. The first-order valence-corrected chi connectivity index (χ1v) is 7.78. The standard InChI is InChI=1S/C17H27NO3/c1-12(2)18-9-10-20-16(11-18)17(19)14-7-5-6-8-15(14)21-13(3)4/h5-8,12-13,16-17,19H,9-11H2,1-4H3. The number of aliphatic hydroxyl groups is 1. The van der Waals surface area contributed by atoms with Gasteiger partial charge >= 0.3 is 0 Å². The van der Waals surface area contributed by atoms with Gasteiger partial charge in [0.05, 0.1) is 12.7 Å². The van der Waals surface area contributed by atoms with Crippen LogP contribution in [0.1, 0.15) is 39.4 Å². The molecule has 2 unspecified atom stereocenters. The van der Waals surface area contributed by atoms with Crippen molar-refractivity contribution >= 4 is 0 Å². The molecule has 2 atom stereocenters. The highest BCUT2D eigenvalue weighted by Gasteiger charge is 2.30. The van der Waals surface area contributed by atoms with Gasteiger partial charge in [0.2, 0.25) is 0 Å². The summed E-state index contributed by atoms with van der Waals surface area (Å²) < 4.78 is 11.6. The molecule has 0 spiro atoms. The minimum absolute atomic E-state index is 0.0813. The van der Waals surface area contributed by atoms with E-state index in [1.54, 1.807) is 0 Å². The van der Waals surface area contributed by atoms with Crippen LogP contribution in [0.15, 0.2) is 24.3 Å². The van der Waals surface area contributed by atoms with E-state index in [0.29, 0.717) is 12.6 Å². The summed E-state index contributed by atoms with van der Waals surface area (Å²) in [4.78, 5) is 2.34. The fourth-order valence-corrected chi connectivity index (χ4v) is 2.64. The smallest absolute Gasteiger partial charge is 0.125 e. The maximum Gasteiger partial charge on any atom is 0.125 e. The van der Waals surface area contributed by atoms with Gasteiger partial charge in [-0.1, -0.05) is 18.2 Å². The number of ether oxygens (including phenoxy) is 2. The predicted octanol–water partition coefficient (Wildman–Crippen LogP) is 2.62. The molecule has 4 heteroatoms. The number of aliphatic hydroxyl groups excluding tert-OH is 1. The van der Waals surface area contributed by atoms with E-state index in [0.717, 1.165) is 24.4 Å². The van der Waals surface area contributed by atoms with E-state index in [1.807, 2.05) is 38.1 Å². The van der Waals surface area contributed by atoms with Crippen molar-refractivity contribution in [1.82, 2.24) is 4.90 Å². The van der Waals surface area contributed by atoms with Gasteiger partial charge in [-0.3, -0.25) is 4.90 Å². The van der Waals surface area contributed by atoms with Crippen molar-refractivity contribution in [2.75, 3.05) is 19.7 Å². The molecule has 21 heavy (non-hydrogen) atoms. The van der Waals surface area contributed by atoms with Crippen molar-refractivity contribution in [3.05, 3.63) is 29.8 Å². The molecule has 1 aromatic carbocycles. The van der Waals surface area contributed by atoms with Crippen molar-refractivity contribution in [2.24, 2.45) is 0 Å². The Balaban J connectivity index is 2.14. The van der Waals surface area contributed by atoms with Gasteiger partial charge in [-0.2, -0.15) is 0 Å². The number of rotatable bonds is 5. The Morgan fingerprint density at radius 1 is 1.24 bits per heavy atom. The molecule has 1 N–H and O–H groups in total. The summed E-state index contributed by atoms with van der Waals surface area (Å²) in [5, 5.41) is 10.7. The molecule has 1 aromatic rings. The van der Waals surface area contributed by atoms with Crippen molar-refractivity contribution in [1.29, 1.82) is 0 Å². The molecule has 0 aliphatic carbocycles. The Labute approximate surface area is 127 Å². The lowest BCUT2D eigenvalue weighted by Crippen LogP contribution is -2.47. The molecule has 0 radical (unpaired) electrons. The maximum absolute atomic E-state index is 10.7. The number of morpholine rings is 1. The quantitative estimate of drug-likeness (QED) is 0.906. The first-order chi connectivity index (χ1) is 9.99. The lowest BCUT2D eigenvalue weighted by molar-refractivity contribution is -0.0967. The number of hydrogen-bond acceptors (Lipinski definition) is 4. The van der Waals surface area contributed by atoms with Crippen molar-refractivity contribution in [3.63, 3.8) is 0 Å². The van der Waals surface area contributed by atoms with Gasteiger partial charge in [-0.05, 0) is 33.8 Å². The van der Waals surface area contributed by atoms with Gasteiger partial charge in [0, 0.05) is 24.7 Å². The van der Waals surface area contributed by atoms with Gasteiger partial charge in [-0.15, -0.1) is 0 Å². The van der Waals surface area contributed by atoms with E-state index in [2.05, 4.69) is 18.7 Å². The van der Waals surface area contributed by atoms with E-state index in [9.17, 15) is 5.11 Å². The van der Waals surface area contributed by atoms with Crippen molar-refractivity contribution in [2.45, 2.75) is 52.0 Å². The van der Waals surface area contributed by atoms with E-state index < -0.39 is 6.10 Å². The van der Waals surface area contributed by atoms with Crippen LogP contribution in [0.2, 0.25) is 0 Å². The zero-order valence-electron chi connectivity index (χ0n) is 13.5. The summed E-state index contributed by atoms with van der Waals surface area (Å²) in [6, 6.07) is 8.14. The SMILES string of the molecule is CC(C)Oc1ccccc1C(O)C1CN(C(C)C)CCO1. The zero-order chi connectivity index (χ0) is 15.4. The second-order valence-electron chi connectivity index (χ2n) is 6.15. The molecular weight excluding hydrogens is 266 g/mol. The molecule has 0 amide bonds. The lowest BCUT2D eigenvalue weighted by atomic mass is 10.0. The Hall–Kier alpha value is -1.10. The average Bonchev–Trinajstić information content (AvgIpc) is 2.46. The molecule has 2 rings (SSSR count). The fraction of sp³-hybridized carbons (Fsp3) is 0.647. The first kappa shape index (κ1) is 16.3. The monoisotopic (exact) mass is 293 g/mol. The van der Waals surface area contributed by atoms with Crippen LogP contribution in [0.5, 0.6) is 5.75 Å². The van der Waals surface area contributed by atoms with Crippen LogP contribution < -0.4 is 4.74 Å². The fourth-order valence-electron chi connectivity index (χ4n) is 2.64. The molecule has 4 nitrogen and oxygen atoms in total. The molecule has 1 aliphatic rings. The summed E-state index contributed by atoms with van der Waals surface area (Å²) in [7, 11) is 0. The van der Waals surface area contributed by atoms with Crippen LogP contribution in [0.4, 0.5) is 0 Å². The van der Waals surface area contributed by atoms with E-state index >= 15 is 0 Å². The number of hydrogen-bond donors (Lipinski definition) is 1. The second kappa shape index (κ2) is 7.25. The molecule has 1 saturated heterocycles. The van der Waals surface area contributed by atoms with Gasteiger partial charge in [-0.25, -0.2) is 0 Å². The summed E-state index contributed by atoms with van der Waals surface area (Å²) in [6.07, 6.45) is -0.794. The van der Waals surface area contributed by atoms with Gasteiger partial charge in [0.25, 0.3) is 0 Å². The predicted molar refractivity (Wildman–Crippen MR) is 83.6 cm³/mol. The normalized spacial score (nSPS) is 21.8. The molecule has 0 aromatic heterocycles. The van der Waals surface area contributed by atoms with Crippen LogP contribution in [0.3, 0.4) is 0 Å². The minimum atomic E-state index is -0.665. The summed E-state index contributed by atoms with van der Waals surface area (Å²) in [5.41, 5.74) is 0.807. The summed E-state index contributed by atoms with van der Waals surface area (Å²) in [6.45, 7) is 10.6. The van der Waals surface area contributed by atoms with E-state index in [1.165, 1.54) is 0 Å². The van der Waals surface area contributed by atoms with E-state index in [-0.39, 0.29) is 12.2 Å². The average molecular weight is 293 g/mol. The van der Waals surface area contributed by atoms with Crippen molar-refractivity contribution < 1.29 is 14.6 Å². The molecule has 1 heterocycles. The molecule has 0 bridgehead atoms. The highest BCUT2D eigenvalue weighted by molar-refractivity contribution is 5.36. The minimum Gasteiger partial charge on any atom is -0.491 e. The van der Waals surface area contributed by atoms with E-state index in [4.69, 9.17) is 9.47 Å². The molecule has 0 saturated carbocycles. The summed E-state index contributed by atoms with van der Waals surface area (Å²) in [5.74, 6) is 0.741. The Morgan fingerprint density at radius 3 is 2.62 bits per heavy atom. The van der Waals surface area contributed by atoms with Gasteiger partial charge < -0.3 is 14.6 Å². The number of nitrogens with zero attached hydrogens (tertiary/aromatic N) is 1. The maximum atomic E-state index is 10.7. The third-order valence-corrected chi connectivity index (χ3v) is 3.81. The summed E-state index contributed by atoms with van der Waals surface area (Å²) >= 11 is 0. The van der Waals surface area contributed by atoms with Crippen LogP contribution in [0, 0.1) is 0 Å². The molecule has 118 valence electrons. The van der Waals surface area contributed by atoms with Gasteiger partial charge in [0.1, 0.15) is 18.0 Å². The van der Waals surface area contributed by atoms with Crippen molar-refractivity contribution in [3.8, 4) is 5.75 Å². The van der Waals surface area contributed by atoms with Crippen LogP contribution in [-0.2, 0) is 4.74 Å². The van der Waals surface area contributed by atoms with Crippen LogP contribution in [-0.4, -0.2) is 48.0 Å². The number of benzene rings is 1. The molecule has 1 aliphatic heterocycles. The Bertz CT molecular complexity index is 447. The third-order valence-electron chi connectivity index (χ3n) is 3.81. The largest absolute Gasteiger partial charge is 0.491 e. The lowest BCUT2D eigenvalue weighted by Gasteiger charge is -2.37. The highest BCUT2D eigenvalue weighted by Crippen LogP contribution is 2.30. The number of para-hydroxylation sites is 1. The second-order valence-corrected chi connectivity index (χ2v) is 6.15. The van der Waals surface area contributed by atoms with Gasteiger partial charge in [0.15, 0.2) is 0 Å². The molecule has 1 fully saturated rings. The van der Waals surface area contributed by atoms with Crippen LogP contribution >= 0.6 is 0 Å². The van der Waals surface area contributed by atoms with Crippen LogP contribution in [0.25, 0.3) is 0 Å². The zero-order valence-corrected chi connectivity index (χ0v) is 13.5. The Kier molecular flexibility index (Phi) is 5.62. The topological polar surface area (TPSA) is 41.9 Å².